The molecule has 1 unspecified atom stereocenters. The molecule has 0 spiro atoms. The number of furan rings is 1. The molecular formula is C13H15NOS. The molecule has 0 fully saturated rings. The molecule has 3 heteroatoms. The first-order chi connectivity index (χ1) is 7.79. The first-order valence-corrected chi connectivity index (χ1v) is 6.46. The zero-order chi connectivity index (χ0) is 11.4. The van der Waals surface area contributed by atoms with Gasteiger partial charge in [0, 0.05) is 10.6 Å². The second-order valence-electron chi connectivity index (χ2n) is 3.61. The van der Waals surface area contributed by atoms with E-state index in [2.05, 4.69) is 42.8 Å². The van der Waals surface area contributed by atoms with Crippen LogP contribution in [0.25, 0.3) is 0 Å². The van der Waals surface area contributed by atoms with E-state index in [9.17, 15) is 0 Å². The molecule has 0 saturated heterocycles. The summed E-state index contributed by atoms with van der Waals surface area (Å²) in [7, 11) is 0. The Morgan fingerprint density at radius 1 is 1.19 bits per heavy atom. The van der Waals surface area contributed by atoms with Gasteiger partial charge >= 0.3 is 0 Å². The van der Waals surface area contributed by atoms with Gasteiger partial charge in [0.1, 0.15) is 5.76 Å². The highest BCUT2D eigenvalue weighted by atomic mass is 32.2. The predicted octanol–water partition coefficient (Wildman–Crippen LogP) is 4.17. The smallest absolute Gasteiger partial charge is 0.125 e. The fourth-order valence-corrected chi connectivity index (χ4v) is 1.95. The Morgan fingerprint density at radius 2 is 1.94 bits per heavy atom. The van der Waals surface area contributed by atoms with Crippen molar-refractivity contribution in [3.05, 3.63) is 48.4 Å². The topological polar surface area (TPSA) is 25.2 Å². The maximum Gasteiger partial charge on any atom is 0.125 e. The maximum absolute atomic E-state index is 5.35. The molecule has 1 aromatic heterocycles. The predicted molar refractivity (Wildman–Crippen MR) is 69.0 cm³/mol. The summed E-state index contributed by atoms with van der Waals surface area (Å²) < 4.78 is 5.35. The second-order valence-corrected chi connectivity index (χ2v) is 4.49. The van der Waals surface area contributed by atoms with Crippen molar-refractivity contribution in [3.63, 3.8) is 0 Å². The van der Waals surface area contributed by atoms with Gasteiger partial charge in [0.25, 0.3) is 0 Å². The van der Waals surface area contributed by atoms with Crippen LogP contribution in [0.4, 0.5) is 5.69 Å². The van der Waals surface area contributed by atoms with E-state index in [1.54, 1.807) is 18.0 Å². The molecule has 0 radical (unpaired) electrons. The molecule has 0 amide bonds. The lowest BCUT2D eigenvalue weighted by Crippen LogP contribution is -2.05. The molecule has 84 valence electrons. The van der Waals surface area contributed by atoms with Crippen molar-refractivity contribution in [2.75, 3.05) is 11.6 Å². The van der Waals surface area contributed by atoms with Crippen LogP contribution in [-0.4, -0.2) is 6.26 Å². The molecule has 1 atom stereocenters. The van der Waals surface area contributed by atoms with Gasteiger partial charge in [-0.05, 0) is 49.6 Å². The molecule has 0 saturated carbocycles. The Morgan fingerprint density at radius 3 is 2.50 bits per heavy atom. The van der Waals surface area contributed by atoms with Crippen LogP contribution >= 0.6 is 11.8 Å². The normalized spacial score (nSPS) is 12.4. The van der Waals surface area contributed by atoms with Crippen LogP contribution in [0.3, 0.4) is 0 Å². The van der Waals surface area contributed by atoms with Crippen LogP contribution in [0, 0.1) is 0 Å². The standard InChI is InChI=1S/C13H15NOS/c1-10(13-4-3-9-15-13)14-11-5-7-12(16-2)8-6-11/h3-10,14H,1-2H3. The van der Waals surface area contributed by atoms with Crippen molar-refractivity contribution >= 4 is 17.4 Å². The van der Waals surface area contributed by atoms with Crippen molar-refractivity contribution in [2.24, 2.45) is 0 Å². The number of hydrogen-bond acceptors (Lipinski definition) is 3. The maximum atomic E-state index is 5.35. The lowest BCUT2D eigenvalue weighted by molar-refractivity contribution is 0.490. The van der Waals surface area contributed by atoms with Crippen molar-refractivity contribution < 1.29 is 4.42 Å². The third-order valence-corrected chi connectivity index (χ3v) is 3.19. The van der Waals surface area contributed by atoms with E-state index in [0.29, 0.717) is 0 Å². The largest absolute Gasteiger partial charge is 0.467 e. The minimum absolute atomic E-state index is 0.190. The monoisotopic (exact) mass is 233 g/mol. The third-order valence-electron chi connectivity index (χ3n) is 2.44. The van der Waals surface area contributed by atoms with Gasteiger partial charge in [0.15, 0.2) is 0 Å². The van der Waals surface area contributed by atoms with E-state index in [4.69, 9.17) is 4.42 Å². The number of anilines is 1. The molecule has 2 rings (SSSR count). The molecule has 1 heterocycles. The van der Waals surface area contributed by atoms with Crippen LogP contribution in [0.1, 0.15) is 18.7 Å². The van der Waals surface area contributed by atoms with E-state index in [0.717, 1.165) is 11.4 Å². The SMILES string of the molecule is CSc1ccc(NC(C)c2ccco2)cc1. The summed E-state index contributed by atoms with van der Waals surface area (Å²) in [5, 5.41) is 3.39. The molecule has 2 nitrogen and oxygen atoms in total. The summed E-state index contributed by atoms with van der Waals surface area (Å²) in [5.41, 5.74) is 1.11. The summed E-state index contributed by atoms with van der Waals surface area (Å²) in [6, 6.07) is 12.5. The lowest BCUT2D eigenvalue weighted by atomic mass is 10.2. The van der Waals surface area contributed by atoms with Crippen LogP contribution in [-0.2, 0) is 0 Å². The van der Waals surface area contributed by atoms with Crippen molar-refractivity contribution in [3.8, 4) is 0 Å². The molecule has 1 N–H and O–H groups in total. The minimum atomic E-state index is 0.190. The van der Waals surface area contributed by atoms with Crippen molar-refractivity contribution in [2.45, 2.75) is 17.9 Å². The highest BCUT2D eigenvalue weighted by Crippen LogP contribution is 2.22. The average Bonchev–Trinajstić information content (AvgIpc) is 2.83. The van der Waals surface area contributed by atoms with Gasteiger partial charge in [0.05, 0.1) is 12.3 Å². The highest BCUT2D eigenvalue weighted by molar-refractivity contribution is 7.98. The van der Waals surface area contributed by atoms with E-state index in [-0.39, 0.29) is 6.04 Å². The van der Waals surface area contributed by atoms with Gasteiger partial charge in [-0.3, -0.25) is 0 Å². The van der Waals surface area contributed by atoms with Gasteiger partial charge < -0.3 is 9.73 Å². The lowest BCUT2D eigenvalue weighted by Gasteiger charge is -2.12. The number of benzene rings is 1. The Kier molecular flexibility index (Phi) is 3.57. The molecule has 0 bridgehead atoms. The van der Waals surface area contributed by atoms with E-state index >= 15 is 0 Å². The molecule has 0 aliphatic rings. The van der Waals surface area contributed by atoms with E-state index in [1.165, 1.54) is 4.90 Å². The molecule has 0 aliphatic carbocycles. The number of nitrogens with one attached hydrogen (secondary N) is 1. The number of thioether (sulfide) groups is 1. The molecule has 0 aliphatic heterocycles. The summed E-state index contributed by atoms with van der Waals surface area (Å²) in [6.07, 6.45) is 3.78. The molecular weight excluding hydrogens is 218 g/mol. The zero-order valence-corrected chi connectivity index (χ0v) is 10.3. The van der Waals surface area contributed by atoms with Crippen LogP contribution in [0.15, 0.2) is 52.0 Å². The van der Waals surface area contributed by atoms with Gasteiger partial charge in [0.2, 0.25) is 0 Å². The number of hydrogen-bond donors (Lipinski definition) is 1. The summed E-state index contributed by atoms with van der Waals surface area (Å²) >= 11 is 1.75. The summed E-state index contributed by atoms with van der Waals surface area (Å²) in [4.78, 5) is 1.27. The van der Waals surface area contributed by atoms with Crippen LogP contribution in [0.5, 0.6) is 0 Å². The Balaban J connectivity index is 2.03. The number of rotatable bonds is 4. The first kappa shape index (κ1) is 11.1. The molecule has 2 aromatic rings. The minimum Gasteiger partial charge on any atom is -0.467 e. The Hall–Kier alpha value is -1.35. The molecule has 1 aromatic carbocycles. The Labute approximate surface area is 100 Å². The second kappa shape index (κ2) is 5.12. The summed E-state index contributed by atoms with van der Waals surface area (Å²) in [6.45, 7) is 2.08. The van der Waals surface area contributed by atoms with Crippen molar-refractivity contribution in [1.29, 1.82) is 0 Å². The highest BCUT2D eigenvalue weighted by Gasteiger charge is 2.07. The van der Waals surface area contributed by atoms with Gasteiger partial charge in [-0.15, -0.1) is 11.8 Å². The van der Waals surface area contributed by atoms with Gasteiger partial charge in [-0.1, -0.05) is 0 Å². The van der Waals surface area contributed by atoms with E-state index < -0.39 is 0 Å². The fourth-order valence-electron chi connectivity index (χ4n) is 1.55. The van der Waals surface area contributed by atoms with Gasteiger partial charge in [-0.25, -0.2) is 0 Å². The Bertz CT molecular complexity index is 422. The summed E-state index contributed by atoms with van der Waals surface area (Å²) in [5.74, 6) is 0.953. The molecule has 16 heavy (non-hydrogen) atoms. The quantitative estimate of drug-likeness (QED) is 0.802. The average molecular weight is 233 g/mol. The zero-order valence-electron chi connectivity index (χ0n) is 9.44. The van der Waals surface area contributed by atoms with Crippen molar-refractivity contribution in [1.82, 2.24) is 0 Å². The van der Waals surface area contributed by atoms with Gasteiger partial charge in [-0.2, -0.15) is 0 Å². The third kappa shape index (κ3) is 2.61. The fraction of sp³-hybridized carbons (Fsp3) is 0.231. The van der Waals surface area contributed by atoms with E-state index in [1.807, 2.05) is 12.1 Å². The first-order valence-electron chi connectivity index (χ1n) is 5.23. The van der Waals surface area contributed by atoms with Crippen LogP contribution in [0.2, 0.25) is 0 Å². The van der Waals surface area contributed by atoms with Crippen LogP contribution < -0.4 is 5.32 Å².